The second-order valence-corrected chi connectivity index (χ2v) is 5.15. The topological polar surface area (TPSA) is 26.0 Å². The van der Waals surface area contributed by atoms with Crippen LogP contribution in [0.4, 0.5) is 4.39 Å². The van der Waals surface area contributed by atoms with Gasteiger partial charge in [0, 0.05) is 5.54 Å². The lowest BCUT2D eigenvalue weighted by atomic mass is 9.72. The fourth-order valence-corrected chi connectivity index (χ4v) is 2.54. The van der Waals surface area contributed by atoms with Crippen LogP contribution in [0.1, 0.15) is 37.3 Å². The summed E-state index contributed by atoms with van der Waals surface area (Å²) in [6.07, 6.45) is 3.89. The molecule has 0 saturated heterocycles. The van der Waals surface area contributed by atoms with Crippen molar-refractivity contribution in [1.82, 2.24) is 0 Å². The van der Waals surface area contributed by atoms with Crippen molar-refractivity contribution < 1.29 is 4.39 Å². The van der Waals surface area contributed by atoms with Crippen molar-refractivity contribution in [1.29, 1.82) is 0 Å². The number of halogens is 2. The van der Waals surface area contributed by atoms with Gasteiger partial charge in [-0.2, -0.15) is 0 Å². The molecule has 0 aromatic heterocycles. The lowest BCUT2D eigenvalue weighted by Gasteiger charge is -2.39. The van der Waals surface area contributed by atoms with Crippen molar-refractivity contribution in [2.75, 3.05) is 0 Å². The predicted octanol–water partition coefficient (Wildman–Crippen LogP) is 3.49. The molecule has 1 nitrogen and oxygen atoms in total. The summed E-state index contributed by atoms with van der Waals surface area (Å²) in [7, 11) is 0. The quantitative estimate of drug-likeness (QED) is 0.876. The summed E-state index contributed by atoms with van der Waals surface area (Å²) in [5, 5.41) is 0. The van der Waals surface area contributed by atoms with Crippen LogP contribution >= 0.6 is 15.9 Å². The molecule has 3 heteroatoms. The van der Waals surface area contributed by atoms with Gasteiger partial charge in [0.15, 0.2) is 0 Å². The van der Waals surface area contributed by atoms with Crippen LogP contribution in [0.25, 0.3) is 0 Å². The standard InChI is InChI=1S/C12H15BrFN/c1-2-8-6-9(7-10(13)11(8)14)12(15)4-3-5-12/h6-7H,2-5,15H2,1H3. The molecule has 1 aliphatic carbocycles. The van der Waals surface area contributed by atoms with Gasteiger partial charge in [-0.3, -0.25) is 0 Å². The van der Waals surface area contributed by atoms with Crippen LogP contribution in [0.5, 0.6) is 0 Å². The second kappa shape index (κ2) is 3.87. The Morgan fingerprint density at radius 1 is 1.47 bits per heavy atom. The van der Waals surface area contributed by atoms with Gasteiger partial charge in [0.2, 0.25) is 0 Å². The van der Waals surface area contributed by atoms with E-state index in [1.54, 1.807) is 0 Å². The lowest BCUT2D eigenvalue weighted by molar-refractivity contribution is 0.253. The molecule has 1 aliphatic rings. The summed E-state index contributed by atoms with van der Waals surface area (Å²) in [6, 6.07) is 3.74. The van der Waals surface area contributed by atoms with Crippen LogP contribution in [0.2, 0.25) is 0 Å². The molecular weight excluding hydrogens is 257 g/mol. The molecule has 0 radical (unpaired) electrons. The molecule has 1 saturated carbocycles. The predicted molar refractivity (Wildman–Crippen MR) is 63.2 cm³/mol. The van der Waals surface area contributed by atoms with Crippen molar-refractivity contribution in [2.45, 2.75) is 38.1 Å². The molecule has 2 rings (SSSR count). The van der Waals surface area contributed by atoms with Gasteiger partial charge in [-0.15, -0.1) is 0 Å². The summed E-state index contributed by atoms with van der Waals surface area (Å²) < 4.78 is 14.1. The van der Waals surface area contributed by atoms with E-state index in [4.69, 9.17) is 5.73 Å². The molecule has 0 bridgehead atoms. The molecule has 1 aromatic rings. The van der Waals surface area contributed by atoms with Crippen LogP contribution in [0.15, 0.2) is 16.6 Å². The minimum Gasteiger partial charge on any atom is -0.321 e. The molecule has 0 heterocycles. The first-order chi connectivity index (χ1) is 7.07. The fraction of sp³-hybridized carbons (Fsp3) is 0.500. The first kappa shape index (κ1) is 11.1. The van der Waals surface area contributed by atoms with E-state index in [1.165, 1.54) is 6.42 Å². The molecule has 82 valence electrons. The Hall–Kier alpha value is -0.410. The van der Waals surface area contributed by atoms with E-state index >= 15 is 0 Å². The van der Waals surface area contributed by atoms with Crippen LogP contribution in [-0.4, -0.2) is 0 Å². The van der Waals surface area contributed by atoms with Crippen molar-refractivity contribution in [2.24, 2.45) is 5.73 Å². The Labute approximate surface area is 98.0 Å². The van der Waals surface area contributed by atoms with Gasteiger partial charge in [0.1, 0.15) is 5.82 Å². The van der Waals surface area contributed by atoms with E-state index in [9.17, 15) is 4.39 Å². The molecule has 2 N–H and O–H groups in total. The van der Waals surface area contributed by atoms with Crippen molar-refractivity contribution >= 4 is 15.9 Å². The molecule has 15 heavy (non-hydrogen) atoms. The highest BCUT2D eigenvalue weighted by molar-refractivity contribution is 9.10. The third-order valence-corrected chi connectivity index (χ3v) is 3.88. The summed E-state index contributed by atoms with van der Waals surface area (Å²) in [6.45, 7) is 1.96. The summed E-state index contributed by atoms with van der Waals surface area (Å²) in [4.78, 5) is 0. The highest BCUT2D eigenvalue weighted by Gasteiger charge is 2.35. The van der Waals surface area contributed by atoms with Crippen LogP contribution in [0.3, 0.4) is 0 Å². The Kier molecular flexibility index (Phi) is 2.86. The largest absolute Gasteiger partial charge is 0.321 e. The first-order valence-electron chi connectivity index (χ1n) is 5.34. The second-order valence-electron chi connectivity index (χ2n) is 4.29. The third kappa shape index (κ3) is 1.83. The van der Waals surface area contributed by atoms with E-state index in [0.29, 0.717) is 10.9 Å². The molecule has 1 fully saturated rings. The smallest absolute Gasteiger partial charge is 0.140 e. The highest BCUT2D eigenvalue weighted by Crippen LogP contribution is 2.40. The zero-order chi connectivity index (χ0) is 11.1. The number of hydrogen-bond acceptors (Lipinski definition) is 1. The van der Waals surface area contributed by atoms with Gasteiger partial charge in [-0.25, -0.2) is 4.39 Å². The Morgan fingerprint density at radius 2 is 2.13 bits per heavy atom. The maximum absolute atomic E-state index is 13.6. The molecule has 1 aromatic carbocycles. The van der Waals surface area contributed by atoms with Crippen molar-refractivity contribution in [3.63, 3.8) is 0 Å². The SMILES string of the molecule is CCc1cc(C2(N)CCC2)cc(Br)c1F. The van der Waals surface area contributed by atoms with Gasteiger partial charge in [-0.05, 0) is 58.8 Å². The summed E-state index contributed by atoms with van der Waals surface area (Å²) in [5.74, 6) is -0.149. The zero-order valence-electron chi connectivity index (χ0n) is 8.82. The molecule has 0 unspecified atom stereocenters. The van der Waals surface area contributed by atoms with Gasteiger partial charge >= 0.3 is 0 Å². The third-order valence-electron chi connectivity index (χ3n) is 3.31. The van der Waals surface area contributed by atoms with Gasteiger partial charge < -0.3 is 5.73 Å². The maximum Gasteiger partial charge on any atom is 0.140 e. The minimum atomic E-state index is -0.208. The molecule has 0 spiro atoms. The first-order valence-corrected chi connectivity index (χ1v) is 6.13. The number of hydrogen-bond donors (Lipinski definition) is 1. The van der Waals surface area contributed by atoms with Crippen LogP contribution in [0, 0.1) is 5.82 Å². The number of aryl methyl sites for hydroxylation is 1. The van der Waals surface area contributed by atoms with Crippen molar-refractivity contribution in [3.05, 3.63) is 33.5 Å². The molecular formula is C12H15BrFN. The minimum absolute atomic E-state index is 0.149. The Balaban J connectivity index is 2.45. The van der Waals surface area contributed by atoms with Gasteiger partial charge in [0.25, 0.3) is 0 Å². The number of nitrogens with two attached hydrogens (primary N) is 1. The van der Waals surface area contributed by atoms with E-state index in [2.05, 4.69) is 15.9 Å². The monoisotopic (exact) mass is 271 g/mol. The van der Waals surface area contributed by atoms with Crippen LogP contribution in [-0.2, 0) is 12.0 Å². The molecule has 0 aliphatic heterocycles. The Bertz CT molecular complexity index is 385. The van der Waals surface area contributed by atoms with E-state index < -0.39 is 0 Å². The average Bonchev–Trinajstić information content (AvgIpc) is 2.18. The molecule has 0 amide bonds. The van der Waals surface area contributed by atoms with E-state index in [1.807, 2.05) is 19.1 Å². The Morgan fingerprint density at radius 3 is 2.60 bits per heavy atom. The van der Waals surface area contributed by atoms with Crippen LogP contribution < -0.4 is 5.73 Å². The molecule has 0 atom stereocenters. The van der Waals surface area contributed by atoms with Gasteiger partial charge in [0.05, 0.1) is 4.47 Å². The maximum atomic E-state index is 13.6. The highest BCUT2D eigenvalue weighted by atomic mass is 79.9. The zero-order valence-corrected chi connectivity index (χ0v) is 10.4. The fourth-order valence-electron chi connectivity index (χ4n) is 2.04. The normalized spacial score (nSPS) is 18.7. The average molecular weight is 272 g/mol. The van der Waals surface area contributed by atoms with Gasteiger partial charge in [-0.1, -0.05) is 13.0 Å². The van der Waals surface area contributed by atoms with Crippen molar-refractivity contribution in [3.8, 4) is 0 Å². The lowest BCUT2D eigenvalue weighted by Crippen LogP contribution is -2.43. The number of rotatable bonds is 2. The number of benzene rings is 1. The summed E-state index contributed by atoms with van der Waals surface area (Å²) >= 11 is 3.25. The van der Waals surface area contributed by atoms with E-state index in [-0.39, 0.29) is 11.4 Å². The van der Waals surface area contributed by atoms with E-state index in [0.717, 1.165) is 24.0 Å². The summed E-state index contributed by atoms with van der Waals surface area (Å²) in [5.41, 5.74) is 7.83.